The lowest BCUT2D eigenvalue weighted by Crippen LogP contribution is -1.91. The predicted molar refractivity (Wildman–Crippen MR) is 183 cm³/mol. The number of furan rings is 1. The molecule has 0 N–H and O–H groups in total. The number of hydrogen-bond donors (Lipinski definition) is 0. The van der Waals surface area contributed by atoms with E-state index >= 15 is 0 Å². The molecule has 0 atom stereocenters. The molecule has 0 radical (unpaired) electrons. The molecule has 1 heteroatoms. The van der Waals surface area contributed by atoms with Gasteiger partial charge in [-0.2, -0.15) is 0 Å². The lowest BCUT2D eigenvalue weighted by Gasteiger charge is -2.18. The molecule has 1 aromatic heterocycles. The Morgan fingerprint density at radius 1 is 0.395 bits per heavy atom. The second-order valence-corrected chi connectivity index (χ2v) is 10.4. The summed E-state index contributed by atoms with van der Waals surface area (Å²) < 4.78 is 103. The zero-order valence-corrected chi connectivity index (χ0v) is 22.6. The average molecular weight is 558 g/mol. The average Bonchev–Trinajstić information content (AvgIpc) is 3.60. The Kier molecular flexibility index (Phi) is 3.41. The molecule has 8 aromatic carbocycles. The summed E-state index contributed by atoms with van der Waals surface area (Å²) in [7, 11) is 0. The zero-order valence-electron chi connectivity index (χ0n) is 33.6. The molecular weight excluding hydrogens is 520 g/mol. The van der Waals surface area contributed by atoms with Gasteiger partial charge in [0, 0.05) is 10.8 Å². The molecule has 1 heterocycles. The molecule has 0 aliphatic rings. The zero-order chi connectivity index (χ0) is 37.9. The highest BCUT2D eigenvalue weighted by molar-refractivity contribution is 6.24. The molecule has 43 heavy (non-hydrogen) atoms. The van der Waals surface area contributed by atoms with Gasteiger partial charge in [-0.25, -0.2) is 0 Å². The Morgan fingerprint density at radius 3 is 1.77 bits per heavy atom. The predicted octanol–water partition coefficient (Wildman–Crippen LogP) is 12.0. The van der Waals surface area contributed by atoms with E-state index in [9.17, 15) is 5.48 Å². The van der Waals surface area contributed by atoms with Gasteiger partial charge in [-0.1, -0.05) is 133 Å². The van der Waals surface area contributed by atoms with E-state index in [-0.39, 0.29) is 45.6 Å². The third-order valence-corrected chi connectivity index (χ3v) is 8.00. The van der Waals surface area contributed by atoms with Crippen molar-refractivity contribution in [3.8, 4) is 33.4 Å². The minimum atomic E-state index is -0.660. The van der Waals surface area contributed by atoms with E-state index in [1.807, 2.05) is 66.7 Å². The highest BCUT2D eigenvalue weighted by atomic mass is 16.3. The van der Waals surface area contributed by atoms with Crippen LogP contribution in [0.25, 0.3) is 87.6 Å². The maximum absolute atomic E-state index is 9.59. The van der Waals surface area contributed by atoms with E-state index in [1.165, 1.54) is 0 Å². The van der Waals surface area contributed by atoms with E-state index in [0.717, 1.165) is 43.4 Å². The van der Waals surface area contributed by atoms with Gasteiger partial charge in [0.2, 0.25) is 0 Å². The van der Waals surface area contributed by atoms with Crippen LogP contribution in [0.4, 0.5) is 0 Å². The second kappa shape index (κ2) is 9.44. The fourth-order valence-electron chi connectivity index (χ4n) is 6.15. The number of fused-ring (bicyclic) bond motifs is 6. The molecule has 0 saturated heterocycles. The van der Waals surface area contributed by atoms with Crippen molar-refractivity contribution < 1.29 is 19.5 Å². The van der Waals surface area contributed by atoms with Crippen molar-refractivity contribution in [3.05, 3.63) is 157 Å². The summed E-state index contributed by atoms with van der Waals surface area (Å²) in [4.78, 5) is 0. The fourth-order valence-corrected chi connectivity index (χ4v) is 6.15. The van der Waals surface area contributed by atoms with Gasteiger partial charge in [-0.15, -0.1) is 0 Å². The topological polar surface area (TPSA) is 13.1 Å². The first-order chi connectivity index (χ1) is 25.9. The van der Waals surface area contributed by atoms with Crippen LogP contribution in [0.5, 0.6) is 0 Å². The first kappa shape index (κ1) is 15.5. The van der Waals surface area contributed by atoms with E-state index in [0.29, 0.717) is 5.56 Å². The van der Waals surface area contributed by atoms with Gasteiger partial charge in [0.1, 0.15) is 11.2 Å². The molecule has 0 fully saturated rings. The van der Waals surface area contributed by atoms with Crippen LogP contribution in [0.3, 0.4) is 0 Å². The minimum absolute atomic E-state index is 0.100. The molecule has 0 unspecified atom stereocenters. The molecule has 9 rings (SSSR count). The summed E-state index contributed by atoms with van der Waals surface area (Å²) >= 11 is 0. The van der Waals surface area contributed by atoms with Crippen LogP contribution in [0, 0.1) is 0 Å². The summed E-state index contributed by atoms with van der Waals surface area (Å²) in [6.07, 6.45) is 0. The molecule has 0 bridgehead atoms. The van der Waals surface area contributed by atoms with Crippen LogP contribution in [0.2, 0.25) is 0 Å². The highest BCUT2D eigenvalue weighted by Gasteiger charge is 2.19. The molecule has 0 spiro atoms. The van der Waals surface area contributed by atoms with Crippen molar-refractivity contribution in [2.24, 2.45) is 0 Å². The first-order valence-electron chi connectivity index (χ1n) is 19.4. The van der Waals surface area contributed by atoms with E-state index in [2.05, 4.69) is 24.3 Å². The van der Waals surface area contributed by atoms with Gasteiger partial charge in [-0.3, -0.25) is 0 Å². The summed E-state index contributed by atoms with van der Waals surface area (Å²) in [5.41, 5.74) is 1.43. The van der Waals surface area contributed by atoms with Crippen LogP contribution < -0.4 is 0 Å². The lowest BCUT2D eigenvalue weighted by atomic mass is 9.84. The molecule has 9 aromatic rings. The molecule has 0 aliphatic carbocycles. The summed E-state index contributed by atoms with van der Waals surface area (Å²) in [6, 6.07) is 24.0. The van der Waals surface area contributed by atoms with Crippen LogP contribution >= 0.6 is 0 Å². The summed E-state index contributed by atoms with van der Waals surface area (Å²) in [5.74, 6) is 0. The normalized spacial score (nSPS) is 15.3. The lowest BCUT2D eigenvalue weighted by molar-refractivity contribution is 0.669. The minimum Gasteiger partial charge on any atom is -0.456 e. The van der Waals surface area contributed by atoms with Gasteiger partial charge >= 0.3 is 0 Å². The molecule has 200 valence electrons. The third kappa shape index (κ3) is 3.72. The number of hydrogen-bond acceptors (Lipinski definition) is 1. The monoisotopic (exact) mass is 557 g/mol. The van der Waals surface area contributed by atoms with Crippen LogP contribution in [0.1, 0.15) is 15.1 Å². The van der Waals surface area contributed by atoms with E-state index in [1.54, 1.807) is 0 Å². The Morgan fingerprint density at radius 2 is 1.02 bits per heavy atom. The fraction of sp³-hybridized carbons (Fsp3) is 0. The van der Waals surface area contributed by atoms with Gasteiger partial charge in [0.25, 0.3) is 0 Å². The van der Waals surface area contributed by atoms with E-state index < -0.39 is 59.5 Å². The van der Waals surface area contributed by atoms with Crippen LogP contribution in [0.15, 0.2) is 162 Å². The summed E-state index contributed by atoms with van der Waals surface area (Å²) in [5, 5.41) is 5.14. The SMILES string of the molecule is [2H]c1c([2H])c([2H])c(-c2c([2H])c([2H])c3oc4c([2H])c(-c5c6ccccc6c(-c6cccc7ccccc67)c6ccccc56)c([2H])c([2H])c4c3c2[2H])c([2H])c1[2H]. The van der Waals surface area contributed by atoms with Crippen molar-refractivity contribution >= 4 is 54.3 Å². The highest BCUT2D eigenvalue weighted by Crippen LogP contribution is 2.46. The Hall–Kier alpha value is -5.66. The van der Waals surface area contributed by atoms with Crippen molar-refractivity contribution in [3.63, 3.8) is 0 Å². The molecule has 0 amide bonds. The van der Waals surface area contributed by atoms with Crippen molar-refractivity contribution in [2.45, 2.75) is 0 Å². The second-order valence-electron chi connectivity index (χ2n) is 10.4. The molecular formula is C42H26O. The van der Waals surface area contributed by atoms with E-state index in [4.69, 9.17) is 14.0 Å². The van der Waals surface area contributed by atoms with Crippen molar-refractivity contribution in [2.75, 3.05) is 0 Å². The van der Waals surface area contributed by atoms with Crippen molar-refractivity contribution in [1.82, 2.24) is 0 Å². The maximum atomic E-state index is 9.59. The van der Waals surface area contributed by atoms with Crippen LogP contribution in [-0.4, -0.2) is 0 Å². The standard InChI is InChI=1S/C42H26O/c1-2-11-27(12-3-1)29-22-24-39-38(25-29)32-23-21-30(26-40(32)43-39)41-34-16-6-8-18-36(34)42(37-19-9-7-17-35(37)41)33-20-10-14-28-13-4-5-15-31(28)33/h1-26H/i1D,2D,3D,11D,12D,21D,22D,23D,24D,25D,26D. The quantitative estimate of drug-likeness (QED) is 0.197. The third-order valence-electron chi connectivity index (χ3n) is 8.00. The van der Waals surface area contributed by atoms with Crippen molar-refractivity contribution in [1.29, 1.82) is 0 Å². The van der Waals surface area contributed by atoms with Gasteiger partial charge < -0.3 is 4.42 Å². The molecule has 1 nitrogen and oxygen atoms in total. The molecule has 0 aliphatic heterocycles. The first-order valence-corrected chi connectivity index (χ1v) is 13.9. The van der Waals surface area contributed by atoms with Gasteiger partial charge in [0.15, 0.2) is 0 Å². The maximum Gasteiger partial charge on any atom is 0.136 e. The van der Waals surface area contributed by atoms with Gasteiger partial charge in [-0.05, 0) is 89.9 Å². The number of benzene rings is 8. The van der Waals surface area contributed by atoms with Crippen LogP contribution in [-0.2, 0) is 0 Å². The summed E-state index contributed by atoms with van der Waals surface area (Å²) in [6.45, 7) is 0. The van der Waals surface area contributed by atoms with Gasteiger partial charge in [0.05, 0.1) is 15.1 Å². The smallest absolute Gasteiger partial charge is 0.136 e. The Labute approximate surface area is 264 Å². The molecule has 0 saturated carbocycles. The number of rotatable bonds is 3. The largest absolute Gasteiger partial charge is 0.456 e. The Balaban J connectivity index is 1.40. The Bertz CT molecular complexity index is 3040.